The zero-order valence-corrected chi connectivity index (χ0v) is 21.0. The Morgan fingerprint density at radius 3 is 2.09 bits per heavy atom. The van der Waals surface area contributed by atoms with Crippen molar-refractivity contribution in [3.63, 3.8) is 0 Å². The highest BCUT2D eigenvalue weighted by molar-refractivity contribution is 7.92. The molecule has 4 aliphatic carbocycles. The maximum absolute atomic E-state index is 12.8. The number of sulfonamides is 1. The summed E-state index contributed by atoms with van der Waals surface area (Å²) in [5.74, 6) is 1.35. The molecule has 0 aliphatic heterocycles. The van der Waals surface area contributed by atoms with Crippen LogP contribution < -0.4 is 9.62 Å². The molecule has 2 aromatic carbocycles. The molecule has 7 nitrogen and oxygen atoms in total. The van der Waals surface area contributed by atoms with Gasteiger partial charge in [-0.2, -0.15) is 0 Å². The van der Waals surface area contributed by atoms with Crippen molar-refractivity contribution < 1.29 is 22.7 Å². The molecule has 186 valence electrons. The van der Waals surface area contributed by atoms with E-state index < -0.39 is 28.4 Å². The van der Waals surface area contributed by atoms with Crippen molar-refractivity contribution in [2.45, 2.75) is 43.9 Å². The number of esters is 1. The summed E-state index contributed by atoms with van der Waals surface area (Å²) in [7, 11) is -2.45. The molecule has 4 fully saturated rings. The van der Waals surface area contributed by atoms with Crippen LogP contribution >= 0.6 is 0 Å². The summed E-state index contributed by atoms with van der Waals surface area (Å²) in [5, 5.41) is 2.65. The summed E-state index contributed by atoms with van der Waals surface area (Å²) in [4.78, 5) is 24.8. The van der Waals surface area contributed by atoms with Crippen molar-refractivity contribution in [1.82, 2.24) is 0 Å². The number of rotatable bonds is 7. The molecule has 4 bridgehead atoms. The summed E-state index contributed by atoms with van der Waals surface area (Å²) in [6.07, 6.45) is 8.90. The van der Waals surface area contributed by atoms with Gasteiger partial charge in [-0.3, -0.25) is 9.10 Å². The van der Waals surface area contributed by atoms with E-state index in [-0.39, 0.29) is 16.7 Å². The monoisotopic (exact) mass is 496 g/mol. The lowest BCUT2D eigenvalue weighted by molar-refractivity contribution is -0.114. The van der Waals surface area contributed by atoms with Crippen LogP contribution in [0.15, 0.2) is 48.5 Å². The number of methoxy groups -OCH3 is 1. The Balaban J connectivity index is 1.35. The van der Waals surface area contributed by atoms with Crippen molar-refractivity contribution in [3.8, 4) is 0 Å². The number of carbonyl (C=O) groups excluding carboxylic acids is 2. The summed E-state index contributed by atoms with van der Waals surface area (Å²) in [6.45, 7) is -0.398. The molecule has 0 spiro atoms. The van der Waals surface area contributed by atoms with E-state index in [0.717, 1.165) is 28.3 Å². The Kier molecular flexibility index (Phi) is 6.11. The molecule has 0 atom stereocenters. The minimum atomic E-state index is -3.71. The van der Waals surface area contributed by atoms with E-state index in [0.29, 0.717) is 5.69 Å². The quantitative estimate of drug-likeness (QED) is 0.576. The Morgan fingerprint density at radius 2 is 1.54 bits per heavy atom. The molecule has 0 aromatic heterocycles. The van der Waals surface area contributed by atoms with Gasteiger partial charge in [-0.25, -0.2) is 13.2 Å². The molecule has 2 aromatic rings. The van der Waals surface area contributed by atoms with Gasteiger partial charge in [0.25, 0.3) is 0 Å². The predicted octanol–water partition coefficient (Wildman–Crippen LogP) is 4.35. The number of anilines is 2. The average Bonchev–Trinajstić information content (AvgIpc) is 2.81. The second-order valence-corrected chi connectivity index (χ2v) is 12.5. The molecule has 1 amide bonds. The summed E-state index contributed by atoms with van der Waals surface area (Å²) < 4.78 is 31.1. The van der Waals surface area contributed by atoms with Gasteiger partial charge in [0.1, 0.15) is 6.54 Å². The van der Waals surface area contributed by atoms with Gasteiger partial charge >= 0.3 is 5.97 Å². The second kappa shape index (κ2) is 8.97. The van der Waals surface area contributed by atoms with Crippen LogP contribution in [0.4, 0.5) is 11.4 Å². The second-order valence-electron chi connectivity index (χ2n) is 10.6. The van der Waals surface area contributed by atoms with Gasteiger partial charge in [-0.15, -0.1) is 0 Å². The summed E-state index contributed by atoms with van der Waals surface area (Å²) in [6, 6.07) is 14.2. The third-order valence-corrected chi connectivity index (χ3v) is 9.24. The molecule has 0 saturated heterocycles. The molecule has 0 radical (unpaired) electrons. The van der Waals surface area contributed by atoms with Crippen LogP contribution in [0.25, 0.3) is 0 Å². The van der Waals surface area contributed by atoms with E-state index in [9.17, 15) is 18.0 Å². The van der Waals surface area contributed by atoms with Crippen LogP contribution in [-0.2, 0) is 25.0 Å². The highest BCUT2D eigenvalue weighted by Crippen LogP contribution is 2.60. The maximum Gasteiger partial charge on any atom is 0.339 e. The van der Waals surface area contributed by atoms with Crippen molar-refractivity contribution >= 4 is 33.3 Å². The lowest BCUT2D eigenvalue weighted by Crippen LogP contribution is -2.48. The molecule has 4 aliphatic rings. The van der Waals surface area contributed by atoms with E-state index in [4.69, 9.17) is 4.74 Å². The van der Waals surface area contributed by atoms with Crippen LogP contribution in [0.5, 0.6) is 0 Å². The summed E-state index contributed by atoms with van der Waals surface area (Å²) >= 11 is 0. The lowest BCUT2D eigenvalue weighted by Gasteiger charge is -2.57. The first-order valence-corrected chi connectivity index (χ1v) is 14.1. The maximum atomic E-state index is 12.8. The number of hydrogen-bond acceptors (Lipinski definition) is 5. The highest BCUT2D eigenvalue weighted by atomic mass is 32.2. The molecule has 8 heteroatoms. The van der Waals surface area contributed by atoms with E-state index in [1.165, 1.54) is 51.2 Å². The van der Waals surface area contributed by atoms with Gasteiger partial charge in [-0.05, 0) is 91.5 Å². The number of carbonyl (C=O) groups is 2. The topological polar surface area (TPSA) is 92.8 Å². The average molecular weight is 497 g/mol. The fraction of sp³-hybridized carbons (Fsp3) is 0.481. The van der Waals surface area contributed by atoms with Gasteiger partial charge in [0, 0.05) is 0 Å². The minimum absolute atomic E-state index is 0.203. The number of benzene rings is 2. The van der Waals surface area contributed by atoms with Gasteiger partial charge in [0.05, 0.1) is 30.3 Å². The van der Waals surface area contributed by atoms with E-state index in [1.807, 2.05) is 12.1 Å². The fourth-order valence-electron chi connectivity index (χ4n) is 7.05. The third kappa shape index (κ3) is 4.68. The van der Waals surface area contributed by atoms with Crippen LogP contribution in [-0.4, -0.2) is 40.2 Å². The third-order valence-electron chi connectivity index (χ3n) is 8.10. The van der Waals surface area contributed by atoms with Crippen molar-refractivity contribution in [2.75, 3.05) is 29.5 Å². The molecule has 0 heterocycles. The van der Waals surface area contributed by atoms with Crippen molar-refractivity contribution in [2.24, 2.45) is 17.8 Å². The van der Waals surface area contributed by atoms with Crippen molar-refractivity contribution in [3.05, 3.63) is 59.7 Å². The number of hydrogen-bond donors (Lipinski definition) is 1. The van der Waals surface area contributed by atoms with Crippen molar-refractivity contribution in [1.29, 1.82) is 0 Å². The molecule has 35 heavy (non-hydrogen) atoms. The number of amides is 1. The summed E-state index contributed by atoms with van der Waals surface area (Å²) in [5.41, 5.74) is 2.45. The van der Waals surface area contributed by atoms with Gasteiger partial charge in [0.2, 0.25) is 15.9 Å². The van der Waals surface area contributed by atoms with Crippen LogP contribution in [0.3, 0.4) is 0 Å². The van der Waals surface area contributed by atoms with Crippen LogP contribution in [0, 0.1) is 17.8 Å². The molecule has 0 unspecified atom stereocenters. The van der Waals surface area contributed by atoms with E-state index in [1.54, 1.807) is 24.3 Å². The zero-order chi connectivity index (χ0) is 24.8. The minimum Gasteiger partial charge on any atom is -0.465 e. The number of nitrogens with one attached hydrogen (secondary N) is 1. The van der Waals surface area contributed by atoms with Crippen LogP contribution in [0.2, 0.25) is 0 Å². The number of ether oxygens (including phenoxy) is 1. The van der Waals surface area contributed by atoms with Gasteiger partial charge in [0.15, 0.2) is 0 Å². The Hall–Kier alpha value is -2.87. The first-order chi connectivity index (χ1) is 16.7. The molecule has 1 N–H and O–H groups in total. The molecule has 4 saturated carbocycles. The molecule has 6 rings (SSSR count). The predicted molar refractivity (Wildman–Crippen MR) is 135 cm³/mol. The Labute approximate surface area is 206 Å². The van der Waals surface area contributed by atoms with E-state index in [2.05, 4.69) is 17.4 Å². The molecular weight excluding hydrogens is 464 g/mol. The van der Waals surface area contributed by atoms with Crippen LogP contribution in [0.1, 0.15) is 54.4 Å². The standard InChI is InChI=1S/C27H32N2O5S/c1-34-26(31)23-5-3-4-6-24(23)28-25(30)17-29(35(2,32)33)22-9-7-21(8-10-22)27-14-18-11-19(15-27)13-20(12-18)16-27/h3-10,18-20H,11-17H2,1-2H3,(H,28,30). The lowest BCUT2D eigenvalue weighted by atomic mass is 9.48. The van der Waals surface area contributed by atoms with Gasteiger partial charge < -0.3 is 10.1 Å². The number of para-hydroxylation sites is 1. The first-order valence-electron chi connectivity index (χ1n) is 12.2. The normalized spacial score (nSPS) is 26.9. The SMILES string of the molecule is COC(=O)c1ccccc1NC(=O)CN(c1ccc(C23CC4CC(CC(C4)C2)C3)cc1)S(C)(=O)=O. The zero-order valence-electron chi connectivity index (χ0n) is 20.2. The Bertz CT molecular complexity index is 1200. The smallest absolute Gasteiger partial charge is 0.339 e. The molecular formula is C27H32N2O5S. The first kappa shape index (κ1) is 23.9. The van der Waals surface area contributed by atoms with Gasteiger partial charge in [-0.1, -0.05) is 24.3 Å². The fourth-order valence-corrected chi connectivity index (χ4v) is 7.90. The van der Waals surface area contributed by atoms with E-state index >= 15 is 0 Å². The number of nitrogens with zero attached hydrogens (tertiary/aromatic N) is 1. The highest BCUT2D eigenvalue weighted by Gasteiger charge is 2.51. The Morgan fingerprint density at radius 1 is 0.971 bits per heavy atom. The largest absolute Gasteiger partial charge is 0.465 e.